The minimum Gasteiger partial charge on any atom is -0.502 e. The number of carbonyl (C=O) groups is 1. The van der Waals surface area contributed by atoms with Gasteiger partial charge in [-0.3, -0.25) is 15.1 Å². The number of hydrogen-bond donors (Lipinski definition) is 2. The Morgan fingerprint density at radius 2 is 1.96 bits per heavy atom. The zero-order chi connectivity index (χ0) is 17.1. The molecule has 0 atom stereocenters. The van der Waals surface area contributed by atoms with Gasteiger partial charge in [-0.05, 0) is 24.3 Å². The van der Waals surface area contributed by atoms with Crippen molar-refractivity contribution in [3.8, 4) is 5.75 Å². The van der Waals surface area contributed by atoms with E-state index in [2.05, 4.69) is 4.99 Å². The van der Waals surface area contributed by atoms with Gasteiger partial charge < -0.3 is 10.2 Å². The molecule has 0 spiro atoms. The van der Waals surface area contributed by atoms with Crippen molar-refractivity contribution in [3.63, 3.8) is 0 Å². The lowest BCUT2D eigenvalue weighted by Crippen LogP contribution is -1.96. The number of nitrogens with zero attached hydrogens (tertiary/aromatic N) is 2. The number of aromatic carboxylic acids is 1. The molecule has 7 nitrogen and oxygen atoms in total. The molecule has 0 bridgehead atoms. The van der Waals surface area contributed by atoms with Crippen molar-refractivity contribution in [3.05, 3.63) is 61.6 Å². The van der Waals surface area contributed by atoms with E-state index in [1.165, 1.54) is 24.3 Å². The molecule has 0 radical (unpaired) electrons. The maximum absolute atomic E-state index is 11.0. The second kappa shape index (κ2) is 6.64. The van der Waals surface area contributed by atoms with Crippen LogP contribution in [-0.4, -0.2) is 27.3 Å². The lowest BCUT2D eigenvalue weighted by Gasteiger charge is -2.02. The third kappa shape index (κ3) is 3.77. The van der Waals surface area contributed by atoms with Crippen LogP contribution in [-0.2, 0) is 0 Å². The first-order chi connectivity index (χ1) is 10.8. The molecule has 23 heavy (non-hydrogen) atoms. The summed E-state index contributed by atoms with van der Waals surface area (Å²) in [7, 11) is 0. The molecule has 0 unspecified atom stereocenters. The van der Waals surface area contributed by atoms with E-state index >= 15 is 0 Å². The van der Waals surface area contributed by atoms with Crippen molar-refractivity contribution >= 4 is 46.8 Å². The van der Waals surface area contributed by atoms with Gasteiger partial charge in [0.1, 0.15) is 0 Å². The first-order valence-electron chi connectivity index (χ1n) is 6.03. The zero-order valence-corrected chi connectivity index (χ0v) is 12.7. The Bertz CT molecular complexity index is 836. The third-order valence-electron chi connectivity index (χ3n) is 2.81. The number of nitro groups is 1. The third-order valence-corrected chi connectivity index (χ3v) is 3.36. The maximum Gasteiger partial charge on any atom is 0.337 e. The fraction of sp³-hybridized carbons (Fsp3) is 0. The number of phenols is 1. The summed E-state index contributed by atoms with van der Waals surface area (Å²) in [6.07, 6.45) is 1.14. The summed E-state index contributed by atoms with van der Waals surface area (Å²) >= 11 is 11.5. The highest BCUT2D eigenvalue weighted by Gasteiger charge is 2.17. The molecule has 118 valence electrons. The largest absolute Gasteiger partial charge is 0.502 e. The summed E-state index contributed by atoms with van der Waals surface area (Å²) in [6.45, 7) is 0. The van der Waals surface area contributed by atoms with Crippen molar-refractivity contribution in [2.45, 2.75) is 0 Å². The van der Waals surface area contributed by atoms with E-state index in [1.54, 1.807) is 0 Å². The molecule has 2 rings (SSSR count). The van der Waals surface area contributed by atoms with Crippen LogP contribution >= 0.6 is 23.2 Å². The van der Waals surface area contributed by atoms with Gasteiger partial charge in [0.2, 0.25) is 5.75 Å². The normalized spacial score (nSPS) is 10.9. The number of halogens is 2. The molecule has 0 saturated carbocycles. The molecular formula is C14H8Cl2N2O5. The predicted molar refractivity (Wildman–Crippen MR) is 85.4 cm³/mol. The molecular weight excluding hydrogens is 347 g/mol. The summed E-state index contributed by atoms with van der Waals surface area (Å²) < 4.78 is 0. The topological polar surface area (TPSA) is 113 Å². The van der Waals surface area contributed by atoms with Crippen molar-refractivity contribution < 1.29 is 19.9 Å². The standard InChI is InChI=1S/C14H8Cl2N2O5/c15-8-3-7(13(19)12(4-8)18(22)23)6-17-9-1-2-11(16)10(5-9)14(20)21/h1-6,19H,(H,20,21). The van der Waals surface area contributed by atoms with Crippen LogP contribution in [0.25, 0.3) is 0 Å². The van der Waals surface area contributed by atoms with Crippen LogP contribution in [0.3, 0.4) is 0 Å². The van der Waals surface area contributed by atoms with Crippen LogP contribution < -0.4 is 0 Å². The number of aliphatic imine (C=N–C) groups is 1. The number of carboxylic acids is 1. The Labute approximate surface area is 139 Å². The molecule has 0 heterocycles. The average molecular weight is 355 g/mol. The fourth-order valence-corrected chi connectivity index (χ4v) is 2.16. The first-order valence-corrected chi connectivity index (χ1v) is 6.79. The van der Waals surface area contributed by atoms with Crippen molar-refractivity contribution in [2.24, 2.45) is 4.99 Å². The van der Waals surface area contributed by atoms with Crippen LogP contribution in [0, 0.1) is 10.1 Å². The first kappa shape index (κ1) is 16.7. The van der Waals surface area contributed by atoms with Crippen LogP contribution in [0.4, 0.5) is 11.4 Å². The van der Waals surface area contributed by atoms with Crippen LogP contribution in [0.5, 0.6) is 5.75 Å². The van der Waals surface area contributed by atoms with Gasteiger partial charge in [0.05, 0.1) is 21.2 Å². The number of aromatic hydroxyl groups is 1. The van der Waals surface area contributed by atoms with E-state index in [4.69, 9.17) is 28.3 Å². The predicted octanol–water partition coefficient (Wildman–Crippen LogP) is 4.06. The summed E-state index contributed by atoms with van der Waals surface area (Å²) in [5, 5.41) is 29.8. The van der Waals surface area contributed by atoms with Gasteiger partial charge in [0.15, 0.2) is 0 Å². The molecule has 0 fully saturated rings. The summed E-state index contributed by atoms with van der Waals surface area (Å²) in [6, 6.07) is 6.36. The molecule has 0 aliphatic heterocycles. The molecule has 9 heteroatoms. The number of benzene rings is 2. The number of nitro benzene ring substituents is 1. The minimum absolute atomic E-state index is 0.0241. The second-order valence-corrected chi connectivity index (χ2v) is 5.19. The zero-order valence-electron chi connectivity index (χ0n) is 11.2. The van der Waals surface area contributed by atoms with Crippen molar-refractivity contribution in [2.75, 3.05) is 0 Å². The molecule has 2 N–H and O–H groups in total. The smallest absolute Gasteiger partial charge is 0.337 e. The van der Waals surface area contributed by atoms with E-state index in [9.17, 15) is 20.0 Å². The molecule has 2 aromatic rings. The quantitative estimate of drug-likeness (QED) is 0.488. The van der Waals surface area contributed by atoms with E-state index in [0.717, 1.165) is 12.3 Å². The van der Waals surface area contributed by atoms with Crippen LogP contribution in [0.2, 0.25) is 10.0 Å². The van der Waals surface area contributed by atoms with Gasteiger partial charge in [-0.25, -0.2) is 4.79 Å². The van der Waals surface area contributed by atoms with Crippen LogP contribution in [0.1, 0.15) is 15.9 Å². The summed E-state index contributed by atoms with van der Waals surface area (Å²) in [5.41, 5.74) is -0.422. The van der Waals surface area contributed by atoms with Gasteiger partial charge in [0.25, 0.3) is 0 Å². The number of carboxylic acid groups (broad SMARTS) is 1. The van der Waals surface area contributed by atoms with Gasteiger partial charge in [-0.15, -0.1) is 0 Å². The molecule has 2 aromatic carbocycles. The molecule has 0 aliphatic carbocycles. The number of hydrogen-bond acceptors (Lipinski definition) is 5. The summed E-state index contributed by atoms with van der Waals surface area (Å²) in [5.74, 6) is -1.80. The fourth-order valence-electron chi connectivity index (χ4n) is 1.74. The van der Waals surface area contributed by atoms with Crippen molar-refractivity contribution in [1.82, 2.24) is 0 Å². The van der Waals surface area contributed by atoms with Gasteiger partial charge >= 0.3 is 11.7 Å². The molecule has 0 amide bonds. The van der Waals surface area contributed by atoms with E-state index in [1.807, 2.05) is 0 Å². The Kier molecular flexibility index (Phi) is 4.83. The van der Waals surface area contributed by atoms with E-state index < -0.39 is 22.3 Å². The Morgan fingerprint density at radius 3 is 2.57 bits per heavy atom. The van der Waals surface area contributed by atoms with E-state index in [0.29, 0.717) is 0 Å². The highest BCUT2D eigenvalue weighted by molar-refractivity contribution is 6.33. The maximum atomic E-state index is 11.0. The van der Waals surface area contributed by atoms with Crippen molar-refractivity contribution in [1.29, 1.82) is 0 Å². The minimum atomic E-state index is -1.21. The van der Waals surface area contributed by atoms with Gasteiger partial charge in [-0.2, -0.15) is 0 Å². The lowest BCUT2D eigenvalue weighted by atomic mass is 10.1. The highest BCUT2D eigenvalue weighted by atomic mass is 35.5. The van der Waals surface area contributed by atoms with Crippen LogP contribution in [0.15, 0.2) is 35.3 Å². The summed E-state index contributed by atoms with van der Waals surface area (Å²) in [4.78, 5) is 25.0. The van der Waals surface area contributed by atoms with Gasteiger partial charge in [-0.1, -0.05) is 23.2 Å². The number of phenolic OH excluding ortho intramolecular Hbond substituents is 1. The molecule has 0 aromatic heterocycles. The Morgan fingerprint density at radius 1 is 1.26 bits per heavy atom. The highest BCUT2D eigenvalue weighted by Crippen LogP contribution is 2.32. The molecule has 0 saturated heterocycles. The Hall–Kier alpha value is -2.64. The second-order valence-electron chi connectivity index (χ2n) is 4.35. The monoisotopic (exact) mass is 354 g/mol. The number of rotatable bonds is 4. The van der Waals surface area contributed by atoms with Gasteiger partial charge in [0, 0.05) is 22.9 Å². The SMILES string of the molecule is O=C(O)c1cc(N=Cc2cc(Cl)cc([N+](=O)[O-])c2O)ccc1Cl. The average Bonchev–Trinajstić information content (AvgIpc) is 2.48. The van der Waals surface area contributed by atoms with E-state index in [-0.39, 0.29) is 26.9 Å². The molecule has 0 aliphatic rings. The Balaban J connectivity index is 2.43. The lowest BCUT2D eigenvalue weighted by molar-refractivity contribution is -0.385.